The van der Waals surface area contributed by atoms with E-state index in [1.165, 1.54) is 89.9 Å². The maximum absolute atomic E-state index is 12.6. The first-order chi connectivity index (χ1) is 16.8. The molecule has 35 heavy (non-hydrogen) atoms. The summed E-state index contributed by atoms with van der Waals surface area (Å²) < 4.78 is 0. The Morgan fingerprint density at radius 3 is 2.54 bits per heavy atom. The van der Waals surface area contributed by atoms with E-state index >= 15 is 0 Å². The quantitative estimate of drug-likeness (QED) is 0.153. The minimum absolute atomic E-state index is 0.215. The van der Waals surface area contributed by atoms with E-state index in [0.717, 1.165) is 42.9 Å². The summed E-state index contributed by atoms with van der Waals surface area (Å²) in [5, 5.41) is 0.358. The fourth-order valence-electron chi connectivity index (χ4n) is 9.09. The second-order valence-corrected chi connectivity index (χ2v) is 15.0. The number of alkyl halides is 1. The molecule has 0 saturated heterocycles. The fraction of sp³-hybridized carbons (Fsp3) is 0.906. The molecule has 3 heteroatoms. The van der Waals surface area contributed by atoms with Crippen molar-refractivity contribution in [2.75, 3.05) is 0 Å². The van der Waals surface area contributed by atoms with Gasteiger partial charge in [0.25, 0.3) is 0 Å². The standard InChI is InChI=1S/C32H53ClOS/c1-5-7-8-9-10-11-13-23-15-17-27-26-16-14-24-22-25(35-30(34)29(33)12-6-2)18-20-32(24,4)28(26)19-21-31(23,27)3/h14,23,25-29H,5-13,15-22H2,1-4H3/t23-,25-,26+,27-,28+,29+,31+,32-/m0/s1. The summed E-state index contributed by atoms with van der Waals surface area (Å²) in [5.41, 5.74) is 2.67. The van der Waals surface area contributed by atoms with E-state index in [0.29, 0.717) is 16.1 Å². The van der Waals surface area contributed by atoms with Crippen molar-refractivity contribution in [3.8, 4) is 0 Å². The molecule has 8 atom stereocenters. The minimum atomic E-state index is -0.300. The first-order valence-electron chi connectivity index (χ1n) is 15.4. The Bertz CT molecular complexity index is 748. The number of unbranched alkanes of at least 4 members (excludes halogenated alkanes) is 5. The van der Waals surface area contributed by atoms with E-state index < -0.39 is 0 Å². The Morgan fingerprint density at radius 2 is 1.77 bits per heavy atom. The molecule has 4 aliphatic carbocycles. The number of carbonyl (C=O) groups is 1. The molecule has 4 aliphatic rings. The molecular formula is C32H53ClOS. The number of halogens is 1. The molecule has 200 valence electrons. The molecule has 0 aliphatic heterocycles. The Morgan fingerprint density at radius 1 is 1.00 bits per heavy atom. The van der Waals surface area contributed by atoms with Crippen molar-refractivity contribution in [3.63, 3.8) is 0 Å². The number of hydrogen-bond acceptors (Lipinski definition) is 2. The van der Waals surface area contributed by atoms with Gasteiger partial charge in [-0.1, -0.05) is 96.1 Å². The lowest BCUT2D eigenvalue weighted by atomic mass is 9.47. The molecule has 3 saturated carbocycles. The number of fused-ring (bicyclic) bond motifs is 5. The number of carbonyl (C=O) groups excluding carboxylic acids is 1. The molecule has 0 aromatic carbocycles. The van der Waals surface area contributed by atoms with Gasteiger partial charge in [-0.3, -0.25) is 4.79 Å². The topological polar surface area (TPSA) is 17.1 Å². The SMILES string of the molecule is CCCCCCCC[C@H]1CC[C@H]2[C@H]3CC=C4C[C@@H](SC(=O)[C@H](Cl)CCC)CC[C@]4(C)[C@@H]3CC[C@]12C. The fourth-order valence-corrected chi connectivity index (χ4v) is 10.6. The number of hydrogen-bond donors (Lipinski definition) is 0. The Kier molecular flexibility index (Phi) is 9.84. The Balaban J connectivity index is 1.36. The van der Waals surface area contributed by atoms with Crippen molar-refractivity contribution >= 4 is 28.5 Å². The van der Waals surface area contributed by atoms with Gasteiger partial charge in [-0.15, -0.1) is 11.6 Å². The maximum atomic E-state index is 12.6. The molecule has 0 aromatic heterocycles. The smallest absolute Gasteiger partial charge is 0.207 e. The van der Waals surface area contributed by atoms with Crippen LogP contribution in [-0.2, 0) is 4.79 Å². The molecule has 1 nitrogen and oxygen atoms in total. The molecule has 0 bridgehead atoms. The highest BCUT2D eigenvalue weighted by molar-refractivity contribution is 8.14. The summed E-state index contributed by atoms with van der Waals surface area (Å²) in [7, 11) is 0. The van der Waals surface area contributed by atoms with Crippen molar-refractivity contribution in [1.29, 1.82) is 0 Å². The van der Waals surface area contributed by atoms with Crippen LogP contribution in [0.1, 0.15) is 137 Å². The van der Waals surface area contributed by atoms with Crippen LogP contribution in [0.15, 0.2) is 11.6 Å². The molecule has 0 unspecified atom stereocenters. The molecule has 0 N–H and O–H groups in total. The number of allylic oxidation sites excluding steroid dienone is 2. The average molecular weight is 521 g/mol. The molecule has 4 rings (SSSR count). The van der Waals surface area contributed by atoms with Crippen LogP contribution in [0, 0.1) is 34.5 Å². The van der Waals surface area contributed by atoms with Gasteiger partial charge in [-0.05, 0) is 98.7 Å². The molecule has 0 radical (unpaired) electrons. The van der Waals surface area contributed by atoms with Gasteiger partial charge in [0.2, 0.25) is 5.12 Å². The monoisotopic (exact) mass is 520 g/mol. The van der Waals surface area contributed by atoms with Gasteiger partial charge in [-0.2, -0.15) is 0 Å². The van der Waals surface area contributed by atoms with E-state index in [1.54, 1.807) is 17.3 Å². The average Bonchev–Trinajstić information content (AvgIpc) is 3.18. The highest BCUT2D eigenvalue weighted by Crippen LogP contribution is 2.67. The van der Waals surface area contributed by atoms with Crippen molar-refractivity contribution < 1.29 is 4.79 Å². The molecular weight excluding hydrogens is 468 g/mol. The molecule has 0 aromatic rings. The molecule has 0 amide bonds. The van der Waals surface area contributed by atoms with Crippen LogP contribution in [0.4, 0.5) is 0 Å². The molecule has 3 fully saturated rings. The zero-order chi connectivity index (χ0) is 25.1. The third kappa shape index (κ3) is 5.89. The highest BCUT2D eigenvalue weighted by Gasteiger charge is 2.58. The summed E-state index contributed by atoms with van der Waals surface area (Å²) in [6.45, 7) is 9.72. The van der Waals surface area contributed by atoms with E-state index in [-0.39, 0.29) is 10.5 Å². The minimum Gasteiger partial charge on any atom is -0.286 e. The lowest BCUT2D eigenvalue weighted by Crippen LogP contribution is -2.50. The van der Waals surface area contributed by atoms with Gasteiger partial charge in [0.15, 0.2) is 0 Å². The van der Waals surface area contributed by atoms with Crippen LogP contribution < -0.4 is 0 Å². The van der Waals surface area contributed by atoms with E-state index in [4.69, 9.17) is 11.6 Å². The van der Waals surface area contributed by atoms with Gasteiger partial charge in [0, 0.05) is 5.25 Å². The lowest BCUT2D eigenvalue weighted by Gasteiger charge is -2.58. The Hall–Kier alpha value is 0.0500. The highest BCUT2D eigenvalue weighted by atomic mass is 35.5. The zero-order valence-electron chi connectivity index (χ0n) is 23.3. The summed E-state index contributed by atoms with van der Waals surface area (Å²) >= 11 is 7.93. The molecule has 0 heterocycles. The largest absolute Gasteiger partial charge is 0.286 e. The normalized spacial score (nSPS) is 39.3. The number of rotatable bonds is 11. The summed E-state index contributed by atoms with van der Waals surface area (Å²) in [6, 6.07) is 0. The van der Waals surface area contributed by atoms with E-state index in [9.17, 15) is 4.79 Å². The zero-order valence-corrected chi connectivity index (χ0v) is 24.8. The van der Waals surface area contributed by atoms with Crippen LogP contribution in [0.2, 0.25) is 0 Å². The van der Waals surface area contributed by atoms with E-state index in [2.05, 4.69) is 33.8 Å². The van der Waals surface area contributed by atoms with Gasteiger partial charge in [0.1, 0.15) is 5.38 Å². The number of thioether (sulfide) groups is 1. The van der Waals surface area contributed by atoms with Gasteiger partial charge < -0.3 is 0 Å². The summed E-state index contributed by atoms with van der Waals surface area (Å²) in [5.74, 6) is 3.69. The first kappa shape index (κ1) is 28.1. The summed E-state index contributed by atoms with van der Waals surface area (Å²) in [4.78, 5) is 12.6. The predicted octanol–water partition coefficient (Wildman–Crippen LogP) is 10.4. The lowest BCUT2D eigenvalue weighted by molar-refractivity contribution is -0.110. The van der Waals surface area contributed by atoms with Crippen molar-refractivity contribution in [1.82, 2.24) is 0 Å². The van der Waals surface area contributed by atoms with Crippen LogP contribution in [0.5, 0.6) is 0 Å². The second-order valence-electron chi connectivity index (χ2n) is 13.2. The summed E-state index contributed by atoms with van der Waals surface area (Å²) in [6.07, 6.45) is 25.3. The van der Waals surface area contributed by atoms with Crippen molar-refractivity contribution in [3.05, 3.63) is 11.6 Å². The van der Waals surface area contributed by atoms with Crippen LogP contribution in [0.25, 0.3) is 0 Å². The van der Waals surface area contributed by atoms with Gasteiger partial charge >= 0.3 is 0 Å². The van der Waals surface area contributed by atoms with Crippen LogP contribution >= 0.6 is 23.4 Å². The van der Waals surface area contributed by atoms with Gasteiger partial charge in [-0.25, -0.2) is 0 Å². The third-order valence-corrected chi connectivity index (χ3v) is 13.0. The van der Waals surface area contributed by atoms with E-state index in [1.807, 2.05) is 0 Å². The predicted molar refractivity (Wildman–Crippen MR) is 154 cm³/mol. The van der Waals surface area contributed by atoms with Gasteiger partial charge in [0.05, 0.1) is 0 Å². The maximum Gasteiger partial charge on any atom is 0.207 e. The second kappa shape index (κ2) is 12.3. The van der Waals surface area contributed by atoms with Crippen molar-refractivity contribution in [2.24, 2.45) is 34.5 Å². The Labute approximate surface area is 226 Å². The third-order valence-electron chi connectivity index (χ3n) is 11.2. The van der Waals surface area contributed by atoms with Crippen LogP contribution in [0.3, 0.4) is 0 Å². The first-order valence-corrected chi connectivity index (χ1v) is 16.7. The molecule has 0 spiro atoms. The van der Waals surface area contributed by atoms with Crippen LogP contribution in [-0.4, -0.2) is 15.7 Å². The van der Waals surface area contributed by atoms with Crippen molar-refractivity contribution in [2.45, 2.75) is 147 Å².